The van der Waals surface area contributed by atoms with Gasteiger partial charge in [-0.15, -0.1) is 0 Å². The van der Waals surface area contributed by atoms with E-state index in [1.54, 1.807) is 0 Å². The standard InChI is InChI=1S/C16H33N3/c1-13-6-7-14(17-5)15(12-13)18-8-10-19(11-9-18)16(2,3)4/h13-15,17H,6-12H2,1-5H3. The van der Waals surface area contributed by atoms with Gasteiger partial charge in [-0.2, -0.15) is 0 Å². The van der Waals surface area contributed by atoms with E-state index in [9.17, 15) is 0 Å². The second-order valence-corrected chi connectivity index (χ2v) is 7.57. The molecule has 2 rings (SSSR count). The summed E-state index contributed by atoms with van der Waals surface area (Å²) >= 11 is 0. The fraction of sp³-hybridized carbons (Fsp3) is 1.00. The number of rotatable bonds is 2. The zero-order chi connectivity index (χ0) is 14.0. The molecule has 0 aromatic heterocycles. The highest BCUT2D eigenvalue weighted by Crippen LogP contribution is 2.29. The van der Waals surface area contributed by atoms with Crippen LogP contribution in [0, 0.1) is 5.92 Å². The lowest BCUT2D eigenvalue weighted by Crippen LogP contribution is -2.60. The number of hydrogen-bond donors (Lipinski definition) is 1. The summed E-state index contributed by atoms with van der Waals surface area (Å²) in [6.07, 6.45) is 4.12. The van der Waals surface area contributed by atoms with E-state index in [4.69, 9.17) is 0 Å². The third kappa shape index (κ3) is 3.71. The average Bonchev–Trinajstić information content (AvgIpc) is 2.38. The summed E-state index contributed by atoms with van der Waals surface area (Å²) in [7, 11) is 2.14. The quantitative estimate of drug-likeness (QED) is 0.827. The lowest BCUT2D eigenvalue weighted by molar-refractivity contribution is 0.0179. The van der Waals surface area contributed by atoms with Crippen LogP contribution in [-0.4, -0.2) is 60.6 Å². The Hall–Kier alpha value is -0.120. The van der Waals surface area contributed by atoms with Gasteiger partial charge in [0.15, 0.2) is 0 Å². The van der Waals surface area contributed by atoms with Crippen molar-refractivity contribution in [3.05, 3.63) is 0 Å². The van der Waals surface area contributed by atoms with Gasteiger partial charge in [-0.1, -0.05) is 6.92 Å². The van der Waals surface area contributed by atoms with Crippen LogP contribution in [0.1, 0.15) is 47.0 Å². The van der Waals surface area contributed by atoms with E-state index in [-0.39, 0.29) is 0 Å². The third-order valence-electron chi connectivity index (χ3n) is 5.18. The molecule has 1 saturated heterocycles. The Morgan fingerprint density at radius 1 is 1.00 bits per heavy atom. The molecule has 1 N–H and O–H groups in total. The van der Waals surface area contributed by atoms with Gasteiger partial charge in [-0.25, -0.2) is 0 Å². The van der Waals surface area contributed by atoms with Crippen LogP contribution in [0.25, 0.3) is 0 Å². The summed E-state index contributed by atoms with van der Waals surface area (Å²) in [4.78, 5) is 5.38. The van der Waals surface area contributed by atoms with Crippen LogP contribution in [-0.2, 0) is 0 Å². The number of hydrogen-bond acceptors (Lipinski definition) is 3. The summed E-state index contributed by atoms with van der Waals surface area (Å²) in [5.41, 5.74) is 0.328. The molecular weight excluding hydrogens is 234 g/mol. The zero-order valence-electron chi connectivity index (χ0n) is 13.6. The second-order valence-electron chi connectivity index (χ2n) is 7.57. The van der Waals surface area contributed by atoms with Crippen LogP contribution < -0.4 is 5.32 Å². The zero-order valence-corrected chi connectivity index (χ0v) is 13.6. The summed E-state index contributed by atoms with van der Waals surface area (Å²) in [5.74, 6) is 0.898. The van der Waals surface area contributed by atoms with E-state index in [0.29, 0.717) is 11.6 Å². The van der Waals surface area contributed by atoms with Crippen LogP contribution in [0.15, 0.2) is 0 Å². The van der Waals surface area contributed by atoms with Crippen molar-refractivity contribution in [1.29, 1.82) is 0 Å². The molecule has 19 heavy (non-hydrogen) atoms. The van der Waals surface area contributed by atoms with Gasteiger partial charge in [-0.05, 0) is 53.0 Å². The number of nitrogens with zero attached hydrogens (tertiary/aromatic N) is 2. The van der Waals surface area contributed by atoms with Gasteiger partial charge >= 0.3 is 0 Å². The molecular formula is C16H33N3. The number of piperazine rings is 1. The lowest BCUT2D eigenvalue weighted by atomic mass is 9.82. The lowest BCUT2D eigenvalue weighted by Gasteiger charge is -2.48. The highest BCUT2D eigenvalue weighted by Gasteiger charge is 2.35. The van der Waals surface area contributed by atoms with Gasteiger partial charge in [0.1, 0.15) is 0 Å². The minimum absolute atomic E-state index is 0.328. The Balaban J connectivity index is 1.92. The first-order valence-corrected chi connectivity index (χ1v) is 8.08. The van der Waals surface area contributed by atoms with Gasteiger partial charge < -0.3 is 5.32 Å². The monoisotopic (exact) mass is 267 g/mol. The molecule has 1 aliphatic heterocycles. The van der Waals surface area contributed by atoms with Crippen molar-refractivity contribution in [3.8, 4) is 0 Å². The first-order valence-electron chi connectivity index (χ1n) is 8.08. The highest BCUT2D eigenvalue weighted by atomic mass is 15.3. The largest absolute Gasteiger partial charge is 0.315 e. The van der Waals surface area contributed by atoms with Crippen molar-refractivity contribution in [2.45, 2.75) is 64.6 Å². The van der Waals surface area contributed by atoms with Crippen molar-refractivity contribution in [2.24, 2.45) is 5.92 Å². The van der Waals surface area contributed by atoms with Gasteiger partial charge in [0.2, 0.25) is 0 Å². The molecule has 3 heteroatoms. The van der Waals surface area contributed by atoms with Gasteiger partial charge in [-0.3, -0.25) is 9.80 Å². The van der Waals surface area contributed by atoms with Crippen molar-refractivity contribution in [3.63, 3.8) is 0 Å². The second kappa shape index (κ2) is 6.11. The van der Waals surface area contributed by atoms with E-state index in [1.807, 2.05) is 0 Å². The topological polar surface area (TPSA) is 18.5 Å². The summed E-state index contributed by atoms with van der Waals surface area (Å²) < 4.78 is 0. The first-order chi connectivity index (χ1) is 8.91. The summed E-state index contributed by atoms with van der Waals surface area (Å²) in [6.45, 7) is 14.4. The molecule has 112 valence electrons. The number of likely N-dealkylation sites (N-methyl/N-ethyl adjacent to an activating group) is 1. The van der Waals surface area contributed by atoms with Gasteiger partial charge in [0, 0.05) is 43.8 Å². The molecule has 2 aliphatic rings. The minimum Gasteiger partial charge on any atom is -0.315 e. The van der Waals surface area contributed by atoms with Crippen LogP contribution in [0.3, 0.4) is 0 Å². The normalized spacial score (nSPS) is 35.5. The van der Waals surface area contributed by atoms with E-state index in [2.05, 4.69) is 49.9 Å². The van der Waals surface area contributed by atoms with Crippen LogP contribution in [0.2, 0.25) is 0 Å². The summed E-state index contributed by atoms with van der Waals surface area (Å²) in [5, 5.41) is 3.56. The molecule has 0 aromatic carbocycles. The predicted octanol–water partition coefficient (Wildman–Crippen LogP) is 2.18. The molecule has 1 saturated carbocycles. The highest BCUT2D eigenvalue weighted by molar-refractivity contribution is 4.92. The Kier molecular flexibility index (Phi) is 4.91. The fourth-order valence-electron chi connectivity index (χ4n) is 3.82. The molecule has 1 aliphatic carbocycles. The maximum atomic E-state index is 3.56. The third-order valence-corrected chi connectivity index (χ3v) is 5.18. The molecule has 0 spiro atoms. The molecule has 0 aromatic rings. The van der Waals surface area contributed by atoms with E-state index >= 15 is 0 Å². The maximum Gasteiger partial charge on any atom is 0.0252 e. The first kappa shape index (κ1) is 15.3. The van der Waals surface area contributed by atoms with E-state index in [1.165, 1.54) is 45.4 Å². The predicted molar refractivity (Wildman–Crippen MR) is 82.5 cm³/mol. The van der Waals surface area contributed by atoms with Crippen molar-refractivity contribution in [2.75, 3.05) is 33.2 Å². The summed E-state index contributed by atoms with van der Waals surface area (Å²) in [6, 6.07) is 1.47. The average molecular weight is 267 g/mol. The van der Waals surface area contributed by atoms with Crippen LogP contribution >= 0.6 is 0 Å². The molecule has 3 atom stereocenters. The van der Waals surface area contributed by atoms with Gasteiger partial charge in [0.05, 0.1) is 0 Å². The molecule has 0 bridgehead atoms. The van der Waals surface area contributed by atoms with Gasteiger partial charge in [0.25, 0.3) is 0 Å². The molecule has 3 unspecified atom stereocenters. The smallest absolute Gasteiger partial charge is 0.0252 e. The van der Waals surface area contributed by atoms with E-state index < -0.39 is 0 Å². The van der Waals surface area contributed by atoms with E-state index in [0.717, 1.165) is 12.0 Å². The maximum absolute atomic E-state index is 3.56. The molecule has 3 nitrogen and oxygen atoms in total. The molecule has 0 radical (unpaired) electrons. The van der Waals surface area contributed by atoms with Crippen molar-refractivity contribution < 1.29 is 0 Å². The minimum atomic E-state index is 0.328. The van der Waals surface area contributed by atoms with Crippen molar-refractivity contribution in [1.82, 2.24) is 15.1 Å². The Morgan fingerprint density at radius 3 is 2.16 bits per heavy atom. The fourth-order valence-corrected chi connectivity index (χ4v) is 3.82. The Labute approximate surface area is 119 Å². The Morgan fingerprint density at radius 2 is 1.63 bits per heavy atom. The van der Waals surface area contributed by atoms with Crippen LogP contribution in [0.4, 0.5) is 0 Å². The molecule has 2 fully saturated rings. The van der Waals surface area contributed by atoms with Crippen LogP contribution in [0.5, 0.6) is 0 Å². The van der Waals surface area contributed by atoms with Crippen molar-refractivity contribution >= 4 is 0 Å². The molecule has 1 heterocycles. The number of nitrogens with one attached hydrogen (secondary N) is 1. The SMILES string of the molecule is CNC1CCC(C)CC1N1CCN(C(C)(C)C)CC1. The Bertz CT molecular complexity index is 276. The molecule has 0 amide bonds.